The zero-order valence-corrected chi connectivity index (χ0v) is 15.2. The van der Waals surface area contributed by atoms with Gasteiger partial charge >= 0.3 is 0 Å². The van der Waals surface area contributed by atoms with Gasteiger partial charge in [-0.3, -0.25) is 4.79 Å². The van der Waals surface area contributed by atoms with Gasteiger partial charge in [-0.05, 0) is 56.0 Å². The van der Waals surface area contributed by atoms with Gasteiger partial charge in [-0.2, -0.15) is 0 Å². The summed E-state index contributed by atoms with van der Waals surface area (Å²) >= 11 is 0. The maximum absolute atomic E-state index is 14.2. The lowest BCUT2D eigenvalue weighted by atomic mass is 9.92. The van der Waals surface area contributed by atoms with E-state index >= 15 is 0 Å². The van der Waals surface area contributed by atoms with Gasteiger partial charge in [0, 0.05) is 24.0 Å². The van der Waals surface area contributed by atoms with Gasteiger partial charge in [0.1, 0.15) is 5.82 Å². The Morgan fingerprint density at radius 3 is 2.72 bits per heavy atom. The van der Waals surface area contributed by atoms with Crippen LogP contribution in [-0.2, 0) is 4.79 Å². The minimum atomic E-state index is -0.381. The van der Waals surface area contributed by atoms with Crippen molar-refractivity contribution in [3.8, 4) is 5.69 Å². The Labute approximate surface area is 158 Å². The molecular weight excluding hydrogens is 366 g/mol. The third kappa shape index (κ3) is 3.81. The molecule has 2 fully saturated rings. The fourth-order valence-electron chi connectivity index (χ4n) is 3.62. The van der Waals surface area contributed by atoms with Gasteiger partial charge in [0.15, 0.2) is 0 Å². The molecule has 2 N–H and O–H groups in total. The lowest BCUT2D eigenvalue weighted by Crippen LogP contribution is -2.31. The fraction of sp³-hybridized carbons (Fsp3) is 0.412. The number of carbonyl (C=O) groups is 1. The topological polar surface area (TPSA) is 59.0 Å². The first-order chi connectivity index (χ1) is 11.2. The molecule has 0 radical (unpaired) electrons. The van der Waals surface area contributed by atoms with E-state index in [0.29, 0.717) is 11.4 Å². The molecule has 1 aliphatic carbocycles. The monoisotopic (exact) mass is 386 g/mol. The first-order valence-corrected chi connectivity index (χ1v) is 7.97. The van der Waals surface area contributed by atoms with E-state index in [4.69, 9.17) is 0 Å². The zero-order chi connectivity index (χ0) is 15.9. The number of halogens is 3. The van der Waals surface area contributed by atoms with Crippen LogP contribution in [-0.4, -0.2) is 28.5 Å². The van der Waals surface area contributed by atoms with E-state index < -0.39 is 0 Å². The summed E-state index contributed by atoms with van der Waals surface area (Å²) in [6.45, 7) is 1.97. The van der Waals surface area contributed by atoms with Crippen molar-refractivity contribution < 1.29 is 9.18 Å². The number of amides is 1. The van der Waals surface area contributed by atoms with Crippen molar-refractivity contribution in [2.75, 3.05) is 18.4 Å². The Hall–Kier alpha value is -1.63. The van der Waals surface area contributed by atoms with E-state index in [1.54, 1.807) is 35.4 Å². The summed E-state index contributed by atoms with van der Waals surface area (Å²) in [6, 6.07) is 4.75. The van der Waals surface area contributed by atoms with Crippen LogP contribution in [0.3, 0.4) is 0 Å². The first-order valence-electron chi connectivity index (χ1n) is 7.97. The van der Waals surface area contributed by atoms with Crippen LogP contribution in [0.1, 0.15) is 19.3 Å². The van der Waals surface area contributed by atoms with E-state index in [9.17, 15) is 9.18 Å². The van der Waals surface area contributed by atoms with Crippen LogP contribution in [0.2, 0.25) is 0 Å². The average molecular weight is 387 g/mol. The third-order valence-corrected chi connectivity index (χ3v) is 5.10. The molecule has 5 nitrogen and oxygen atoms in total. The standard InChI is InChI=1S/C17H19FN4O.2ClH/c18-14-9-12(1-2-15(14)22-8-7-20-11-22)21-16(23)13-10-17(13)3-5-19-6-4-17;;/h1-2,7-9,11,13,19H,3-6,10H2,(H,21,23);2*1H. The van der Waals surface area contributed by atoms with Crippen LogP contribution in [0.4, 0.5) is 10.1 Å². The molecule has 25 heavy (non-hydrogen) atoms. The number of benzene rings is 1. The van der Waals surface area contributed by atoms with E-state index in [1.807, 2.05) is 0 Å². The Morgan fingerprint density at radius 1 is 1.32 bits per heavy atom. The molecule has 2 heterocycles. The molecule has 136 valence electrons. The Kier molecular flexibility index (Phi) is 6.08. The Morgan fingerprint density at radius 2 is 2.08 bits per heavy atom. The third-order valence-electron chi connectivity index (χ3n) is 5.10. The SMILES string of the molecule is Cl.Cl.O=C(Nc1ccc(-n2ccnc2)c(F)c1)C1CC12CCNCC2. The summed E-state index contributed by atoms with van der Waals surface area (Å²) < 4.78 is 15.8. The predicted molar refractivity (Wildman–Crippen MR) is 99.3 cm³/mol. The van der Waals surface area contributed by atoms with E-state index in [-0.39, 0.29) is 47.9 Å². The van der Waals surface area contributed by atoms with E-state index in [0.717, 1.165) is 32.4 Å². The maximum atomic E-state index is 14.2. The number of aromatic nitrogens is 2. The second-order valence-electron chi connectivity index (χ2n) is 6.49. The normalized spacial score (nSPS) is 20.3. The summed E-state index contributed by atoms with van der Waals surface area (Å²) in [5.74, 6) is -0.296. The van der Waals surface area contributed by atoms with Gasteiger partial charge in [0.05, 0.1) is 12.0 Å². The Balaban J connectivity index is 0.00000113. The van der Waals surface area contributed by atoms with Crippen molar-refractivity contribution in [1.82, 2.24) is 14.9 Å². The second-order valence-corrected chi connectivity index (χ2v) is 6.49. The summed E-state index contributed by atoms with van der Waals surface area (Å²) in [7, 11) is 0. The first kappa shape index (κ1) is 19.7. The number of rotatable bonds is 3. The molecule has 1 aromatic heterocycles. The van der Waals surface area contributed by atoms with Crippen LogP contribution in [0.5, 0.6) is 0 Å². The second kappa shape index (κ2) is 7.72. The largest absolute Gasteiger partial charge is 0.326 e. The molecule has 1 spiro atoms. The highest BCUT2D eigenvalue weighted by Gasteiger charge is 2.57. The molecule has 2 aromatic rings. The van der Waals surface area contributed by atoms with Crippen molar-refractivity contribution in [3.05, 3.63) is 42.7 Å². The van der Waals surface area contributed by atoms with Crippen molar-refractivity contribution in [2.45, 2.75) is 19.3 Å². The fourth-order valence-corrected chi connectivity index (χ4v) is 3.62. The van der Waals surface area contributed by atoms with Crippen molar-refractivity contribution in [1.29, 1.82) is 0 Å². The average Bonchev–Trinajstić information content (AvgIpc) is 2.97. The number of hydrogen-bond acceptors (Lipinski definition) is 3. The number of nitrogens with one attached hydrogen (secondary N) is 2. The van der Waals surface area contributed by atoms with Gasteiger partial charge in [0.25, 0.3) is 0 Å². The van der Waals surface area contributed by atoms with Crippen molar-refractivity contribution in [2.24, 2.45) is 11.3 Å². The lowest BCUT2D eigenvalue weighted by molar-refractivity contribution is -0.118. The highest BCUT2D eigenvalue weighted by molar-refractivity contribution is 5.95. The van der Waals surface area contributed by atoms with Gasteiger partial charge in [-0.15, -0.1) is 24.8 Å². The molecule has 1 saturated carbocycles. The quantitative estimate of drug-likeness (QED) is 0.851. The summed E-state index contributed by atoms with van der Waals surface area (Å²) in [4.78, 5) is 16.3. The van der Waals surface area contributed by atoms with Crippen LogP contribution in [0.25, 0.3) is 5.69 Å². The van der Waals surface area contributed by atoms with Crippen LogP contribution in [0.15, 0.2) is 36.9 Å². The Bertz CT molecular complexity index is 732. The van der Waals surface area contributed by atoms with Gasteiger partial charge in [0.2, 0.25) is 5.91 Å². The van der Waals surface area contributed by atoms with E-state index in [2.05, 4.69) is 15.6 Å². The molecule has 1 amide bonds. The molecule has 8 heteroatoms. The van der Waals surface area contributed by atoms with Crippen LogP contribution in [0, 0.1) is 17.2 Å². The molecule has 1 saturated heterocycles. The van der Waals surface area contributed by atoms with Crippen molar-refractivity contribution >= 4 is 36.4 Å². The smallest absolute Gasteiger partial charge is 0.228 e. The number of piperidine rings is 1. The number of anilines is 1. The molecular formula is C17H21Cl2FN4O. The number of hydrogen-bond donors (Lipinski definition) is 2. The highest BCUT2D eigenvalue weighted by atomic mass is 35.5. The molecule has 1 aliphatic heterocycles. The molecule has 0 bridgehead atoms. The molecule has 1 unspecified atom stereocenters. The van der Waals surface area contributed by atoms with Gasteiger partial charge in [-0.25, -0.2) is 9.37 Å². The minimum absolute atomic E-state index is 0. The van der Waals surface area contributed by atoms with Crippen LogP contribution < -0.4 is 10.6 Å². The highest BCUT2D eigenvalue weighted by Crippen LogP contribution is 2.58. The lowest BCUT2D eigenvalue weighted by Gasteiger charge is -2.23. The van der Waals surface area contributed by atoms with E-state index in [1.165, 1.54) is 6.07 Å². The zero-order valence-electron chi connectivity index (χ0n) is 13.6. The minimum Gasteiger partial charge on any atom is -0.326 e. The van der Waals surface area contributed by atoms with Gasteiger partial charge < -0.3 is 15.2 Å². The van der Waals surface area contributed by atoms with Gasteiger partial charge in [-0.1, -0.05) is 0 Å². The number of imidazole rings is 1. The number of nitrogens with zero attached hydrogens (tertiary/aromatic N) is 2. The molecule has 1 aromatic carbocycles. The molecule has 1 atom stereocenters. The molecule has 2 aliphatic rings. The van der Waals surface area contributed by atoms with Crippen LogP contribution >= 0.6 is 24.8 Å². The predicted octanol–water partition coefficient (Wildman–Crippen LogP) is 3.18. The molecule has 4 rings (SSSR count). The maximum Gasteiger partial charge on any atom is 0.228 e. The summed E-state index contributed by atoms with van der Waals surface area (Å²) in [5, 5.41) is 6.19. The summed E-state index contributed by atoms with van der Waals surface area (Å²) in [5.41, 5.74) is 1.11. The summed E-state index contributed by atoms with van der Waals surface area (Å²) in [6.07, 6.45) is 7.89. The van der Waals surface area contributed by atoms with Crippen molar-refractivity contribution in [3.63, 3.8) is 0 Å². The number of carbonyl (C=O) groups excluding carboxylic acids is 1.